The summed E-state index contributed by atoms with van der Waals surface area (Å²) < 4.78 is 26.9. The molecule has 1 saturated heterocycles. The van der Waals surface area contributed by atoms with Crippen LogP contribution in [0.25, 0.3) is 0 Å². The van der Waals surface area contributed by atoms with Crippen LogP contribution in [0, 0.1) is 17.2 Å². The molecule has 2 rings (SSSR count). The van der Waals surface area contributed by atoms with E-state index in [1.165, 1.54) is 18.2 Å². The molecule has 0 radical (unpaired) electrons. The highest BCUT2D eigenvalue weighted by molar-refractivity contribution is 7.89. The van der Waals surface area contributed by atoms with E-state index in [0.717, 1.165) is 25.9 Å². The van der Waals surface area contributed by atoms with Crippen LogP contribution < -0.4 is 10.0 Å². The number of piperidine rings is 1. The lowest BCUT2D eigenvalue weighted by molar-refractivity contribution is 0.376. The van der Waals surface area contributed by atoms with Crippen LogP contribution in [0.15, 0.2) is 23.1 Å². The molecule has 0 spiro atoms. The SMILES string of the molecule is N#Cc1cc(S(=O)(=O)NCC2CCCNC2)ccc1Cl. The van der Waals surface area contributed by atoms with E-state index in [9.17, 15) is 8.42 Å². The van der Waals surface area contributed by atoms with Crippen LogP contribution in [0.5, 0.6) is 0 Å². The van der Waals surface area contributed by atoms with Crippen molar-refractivity contribution in [2.45, 2.75) is 17.7 Å². The number of nitrogens with one attached hydrogen (secondary N) is 2. The van der Waals surface area contributed by atoms with E-state index in [-0.39, 0.29) is 15.5 Å². The molecule has 1 aromatic carbocycles. The summed E-state index contributed by atoms with van der Waals surface area (Å²) in [5.74, 6) is 0.307. The van der Waals surface area contributed by atoms with Crippen LogP contribution in [0.2, 0.25) is 5.02 Å². The second-order valence-electron chi connectivity index (χ2n) is 4.82. The van der Waals surface area contributed by atoms with Crippen molar-refractivity contribution in [3.63, 3.8) is 0 Å². The van der Waals surface area contributed by atoms with E-state index in [1.807, 2.05) is 6.07 Å². The molecule has 1 aliphatic heterocycles. The van der Waals surface area contributed by atoms with Gasteiger partial charge < -0.3 is 5.32 Å². The van der Waals surface area contributed by atoms with Gasteiger partial charge in [0.25, 0.3) is 0 Å². The van der Waals surface area contributed by atoms with Crippen molar-refractivity contribution in [1.82, 2.24) is 10.0 Å². The minimum absolute atomic E-state index is 0.0715. The molecular weight excluding hydrogens is 298 g/mol. The predicted molar refractivity (Wildman–Crippen MR) is 76.9 cm³/mol. The largest absolute Gasteiger partial charge is 0.316 e. The average molecular weight is 314 g/mol. The van der Waals surface area contributed by atoms with Crippen molar-refractivity contribution < 1.29 is 8.42 Å². The third kappa shape index (κ3) is 3.70. The molecular formula is C13H16ClN3O2S. The Hall–Kier alpha value is -1.13. The lowest BCUT2D eigenvalue weighted by atomic mass is 10.0. The molecule has 1 aromatic rings. The van der Waals surface area contributed by atoms with Gasteiger partial charge in [0.2, 0.25) is 10.0 Å². The number of rotatable bonds is 4. The zero-order valence-electron chi connectivity index (χ0n) is 10.9. The highest BCUT2D eigenvalue weighted by Crippen LogP contribution is 2.20. The van der Waals surface area contributed by atoms with Crippen LogP contribution in [-0.2, 0) is 10.0 Å². The van der Waals surface area contributed by atoms with Crippen molar-refractivity contribution in [3.8, 4) is 6.07 Å². The van der Waals surface area contributed by atoms with Crippen LogP contribution in [0.3, 0.4) is 0 Å². The van der Waals surface area contributed by atoms with Crippen molar-refractivity contribution in [3.05, 3.63) is 28.8 Å². The Morgan fingerprint density at radius 2 is 2.30 bits per heavy atom. The molecule has 0 amide bonds. The molecule has 1 atom stereocenters. The highest BCUT2D eigenvalue weighted by Gasteiger charge is 2.19. The quantitative estimate of drug-likeness (QED) is 0.882. The van der Waals surface area contributed by atoms with Gasteiger partial charge in [0.15, 0.2) is 0 Å². The van der Waals surface area contributed by atoms with Gasteiger partial charge >= 0.3 is 0 Å². The molecule has 7 heteroatoms. The Morgan fingerprint density at radius 3 is 2.95 bits per heavy atom. The molecule has 20 heavy (non-hydrogen) atoms. The third-order valence-corrected chi connectivity index (χ3v) is 5.08. The first kappa shape index (κ1) is 15.3. The van der Waals surface area contributed by atoms with Crippen LogP contribution in [0.4, 0.5) is 0 Å². The van der Waals surface area contributed by atoms with E-state index < -0.39 is 10.0 Å². The maximum Gasteiger partial charge on any atom is 0.240 e. The van der Waals surface area contributed by atoms with Crippen LogP contribution in [0.1, 0.15) is 18.4 Å². The first-order chi connectivity index (χ1) is 9.53. The lowest BCUT2D eigenvalue weighted by Crippen LogP contribution is -2.38. The summed E-state index contributed by atoms with van der Waals surface area (Å²) >= 11 is 5.80. The topological polar surface area (TPSA) is 82.0 Å². The third-order valence-electron chi connectivity index (χ3n) is 3.33. The Kier molecular flexibility index (Phi) is 5.00. The molecule has 0 aromatic heterocycles. The summed E-state index contributed by atoms with van der Waals surface area (Å²) in [6, 6.07) is 6.01. The zero-order valence-corrected chi connectivity index (χ0v) is 12.5. The van der Waals surface area contributed by atoms with Crippen molar-refractivity contribution in [2.24, 2.45) is 5.92 Å². The van der Waals surface area contributed by atoms with Crippen LogP contribution >= 0.6 is 11.6 Å². The molecule has 1 heterocycles. The first-order valence-corrected chi connectivity index (χ1v) is 8.29. The highest BCUT2D eigenvalue weighted by atomic mass is 35.5. The van der Waals surface area contributed by atoms with Gasteiger partial charge in [-0.2, -0.15) is 5.26 Å². The molecule has 0 bridgehead atoms. The van der Waals surface area contributed by atoms with Gasteiger partial charge in [-0.1, -0.05) is 11.6 Å². The number of benzene rings is 1. The van der Waals surface area contributed by atoms with Gasteiger partial charge in [0.05, 0.1) is 15.5 Å². The maximum atomic E-state index is 12.2. The monoisotopic (exact) mass is 313 g/mol. The molecule has 2 N–H and O–H groups in total. The Labute approximate surface area is 124 Å². The van der Waals surface area contributed by atoms with Crippen molar-refractivity contribution in [1.29, 1.82) is 5.26 Å². The number of hydrogen-bond acceptors (Lipinski definition) is 4. The van der Waals surface area contributed by atoms with E-state index in [0.29, 0.717) is 12.5 Å². The standard InChI is InChI=1S/C13H16ClN3O2S/c14-13-4-3-12(6-11(13)7-15)20(18,19)17-9-10-2-1-5-16-8-10/h3-4,6,10,16-17H,1-2,5,8-9H2. The first-order valence-electron chi connectivity index (χ1n) is 6.43. The fourth-order valence-electron chi connectivity index (χ4n) is 2.17. The fourth-order valence-corrected chi connectivity index (χ4v) is 3.47. The second kappa shape index (κ2) is 6.55. The Bertz CT molecular complexity index is 619. The van der Waals surface area contributed by atoms with E-state index in [1.54, 1.807) is 0 Å². The lowest BCUT2D eigenvalue weighted by Gasteiger charge is -2.22. The molecule has 0 saturated carbocycles. The number of halogens is 1. The van der Waals surface area contributed by atoms with E-state index in [4.69, 9.17) is 16.9 Å². The molecule has 5 nitrogen and oxygen atoms in total. The van der Waals surface area contributed by atoms with Gasteiger partial charge in [0.1, 0.15) is 6.07 Å². The summed E-state index contributed by atoms with van der Waals surface area (Å²) in [7, 11) is -3.60. The van der Waals surface area contributed by atoms with Gasteiger partial charge in [-0.05, 0) is 50.0 Å². The summed E-state index contributed by atoms with van der Waals surface area (Å²) in [5.41, 5.74) is 0.161. The molecule has 1 fully saturated rings. The van der Waals surface area contributed by atoms with Crippen molar-refractivity contribution >= 4 is 21.6 Å². The predicted octanol–water partition coefficient (Wildman–Crippen LogP) is 1.49. The minimum atomic E-state index is -3.60. The number of nitrogens with zero attached hydrogens (tertiary/aromatic N) is 1. The molecule has 1 aliphatic rings. The summed E-state index contributed by atoms with van der Waals surface area (Å²) in [4.78, 5) is 0.0715. The summed E-state index contributed by atoms with van der Waals surface area (Å²) in [5, 5.41) is 12.4. The minimum Gasteiger partial charge on any atom is -0.316 e. The number of sulfonamides is 1. The smallest absolute Gasteiger partial charge is 0.240 e. The van der Waals surface area contributed by atoms with Crippen LogP contribution in [-0.4, -0.2) is 28.1 Å². The Morgan fingerprint density at radius 1 is 1.50 bits per heavy atom. The van der Waals surface area contributed by atoms with Gasteiger partial charge in [-0.25, -0.2) is 13.1 Å². The second-order valence-corrected chi connectivity index (χ2v) is 6.99. The molecule has 108 valence electrons. The fraction of sp³-hybridized carbons (Fsp3) is 0.462. The molecule has 1 unspecified atom stereocenters. The summed E-state index contributed by atoms with van der Waals surface area (Å²) in [6.07, 6.45) is 2.07. The van der Waals surface area contributed by atoms with E-state index in [2.05, 4.69) is 10.0 Å². The van der Waals surface area contributed by atoms with Crippen molar-refractivity contribution in [2.75, 3.05) is 19.6 Å². The number of hydrogen-bond donors (Lipinski definition) is 2. The Balaban J connectivity index is 2.08. The molecule has 0 aliphatic carbocycles. The number of nitriles is 1. The van der Waals surface area contributed by atoms with Gasteiger partial charge in [0, 0.05) is 6.54 Å². The summed E-state index contributed by atoms with van der Waals surface area (Å²) in [6.45, 7) is 2.22. The normalized spacial score (nSPS) is 19.5. The maximum absolute atomic E-state index is 12.2. The van der Waals surface area contributed by atoms with Gasteiger partial charge in [-0.3, -0.25) is 0 Å². The average Bonchev–Trinajstić information content (AvgIpc) is 2.46. The zero-order chi connectivity index (χ0) is 14.6. The van der Waals surface area contributed by atoms with E-state index >= 15 is 0 Å². The van der Waals surface area contributed by atoms with Gasteiger partial charge in [-0.15, -0.1) is 0 Å².